The summed E-state index contributed by atoms with van der Waals surface area (Å²) in [6.45, 7) is 1.32. The zero-order valence-electron chi connectivity index (χ0n) is 12.5. The summed E-state index contributed by atoms with van der Waals surface area (Å²) in [5, 5.41) is 5.51. The fraction of sp³-hybridized carbons (Fsp3) is 0.111. The first-order valence-corrected chi connectivity index (χ1v) is 7.52. The highest BCUT2D eigenvalue weighted by atomic mass is 16.1. The van der Waals surface area contributed by atoms with Crippen molar-refractivity contribution in [2.24, 2.45) is 0 Å². The van der Waals surface area contributed by atoms with Crippen LogP contribution in [-0.4, -0.2) is 15.9 Å². The number of hydrogen-bond donors (Lipinski definition) is 1. The summed E-state index contributed by atoms with van der Waals surface area (Å²) < 4.78 is 1.98. The lowest BCUT2D eigenvalue weighted by molar-refractivity contribution is 0.111. The van der Waals surface area contributed by atoms with Crippen molar-refractivity contribution < 1.29 is 4.79 Å². The van der Waals surface area contributed by atoms with Crippen LogP contribution in [0.1, 0.15) is 21.7 Å². The van der Waals surface area contributed by atoms with Gasteiger partial charge < -0.3 is 5.32 Å². The van der Waals surface area contributed by atoms with Gasteiger partial charge in [0.05, 0.1) is 36.4 Å². The van der Waals surface area contributed by atoms with Crippen LogP contribution < -0.4 is 10.3 Å². The van der Waals surface area contributed by atoms with E-state index < -0.39 is 0 Å². The Balaban J connectivity index is 1.87. The Morgan fingerprint density at radius 2 is 2.00 bits per heavy atom. The van der Waals surface area contributed by atoms with Gasteiger partial charge >= 0.3 is 0 Å². The molecule has 114 valence electrons. The second kappa shape index (κ2) is 5.61. The van der Waals surface area contributed by atoms with Crippen LogP contribution in [0.5, 0.6) is 0 Å². The molecule has 5 heteroatoms. The molecule has 0 fully saturated rings. The molecular weight excluding hydrogens is 288 g/mol. The molecule has 0 aliphatic carbocycles. The van der Waals surface area contributed by atoms with Crippen molar-refractivity contribution in [3.63, 3.8) is 0 Å². The first-order chi connectivity index (χ1) is 11.4. The van der Waals surface area contributed by atoms with E-state index in [1.165, 1.54) is 5.56 Å². The monoisotopic (exact) mass is 304 g/mol. The number of aldehydes is 1. The molecule has 3 heterocycles. The van der Waals surface area contributed by atoms with Gasteiger partial charge in [-0.3, -0.25) is 19.5 Å². The summed E-state index contributed by atoms with van der Waals surface area (Å²) in [4.78, 5) is 15.7. The molecule has 0 atom stereocenters. The highest BCUT2D eigenvalue weighted by Crippen LogP contribution is 2.31. The molecule has 23 heavy (non-hydrogen) atoms. The van der Waals surface area contributed by atoms with E-state index >= 15 is 0 Å². The summed E-state index contributed by atoms with van der Waals surface area (Å²) >= 11 is 0. The van der Waals surface area contributed by atoms with Gasteiger partial charge in [0.2, 0.25) is 0 Å². The first-order valence-electron chi connectivity index (χ1n) is 7.52. The largest absolute Gasteiger partial charge is 0.376 e. The molecule has 5 nitrogen and oxygen atoms in total. The van der Waals surface area contributed by atoms with E-state index in [4.69, 9.17) is 0 Å². The maximum atomic E-state index is 11.5. The number of aromatic nitrogens is 2. The number of anilines is 2. The van der Waals surface area contributed by atoms with Gasteiger partial charge in [0.1, 0.15) is 5.69 Å². The molecule has 1 N–H and O–H groups in total. The predicted molar refractivity (Wildman–Crippen MR) is 89.4 cm³/mol. The SMILES string of the molecule is O=Cc1ccc2n1N(Cc1ccccc1)c1ccncc1NC2. The van der Waals surface area contributed by atoms with Crippen LogP contribution in [-0.2, 0) is 13.1 Å². The standard InChI is InChI=1S/C18H16N4O/c23-13-16-7-6-15-10-20-17-11-19-9-8-18(17)21(22(15)16)12-14-4-2-1-3-5-14/h1-9,11,13,20H,10,12H2. The van der Waals surface area contributed by atoms with E-state index in [1.807, 2.05) is 47.3 Å². The Morgan fingerprint density at radius 1 is 1.13 bits per heavy atom. The number of nitrogens with one attached hydrogen (secondary N) is 1. The normalized spacial score (nSPS) is 12.8. The summed E-state index contributed by atoms with van der Waals surface area (Å²) in [5.41, 5.74) is 4.82. The quantitative estimate of drug-likeness (QED) is 0.756. The van der Waals surface area contributed by atoms with Gasteiger partial charge in [-0.05, 0) is 23.8 Å². The predicted octanol–water partition coefficient (Wildman–Crippen LogP) is 3.09. The van der Waals surface area contributed by atoms with E-state index in [-0.39, 0.29) is 0 Å². The third-order valence-corrected chi connectivity index (χ3v) is 4.04. The molecular formula is C18H16N4O. The molecule has 2 aromatic heterocycles. The van der Waals surface area contributed by atoms with E-state index in [2.05, 4.69) is 27.4 Å². The van der Waals surface area contributed by atoms with Gasteiger partial charge in [-0.25, -0.2) is 0 Å². The second-order valence-corrected chi connectivity index (χ2v) is 5.47. The maximum Gasteiger partial charge on any atom is 0.168 e. The Kier molecular flexibility index (Phi) is 3.31. The number of carbonyl (C=O) groups excluding carboxylic acids is 1. The molecule has 0 bridgehead atoms. The lowest BCUT2D eigenvalue weighted by Gasteiger charge is -2.28. The molecule has 1 aromatic carbocycles. The molecule has 1 aliphatic heterocycles. The topological polar surface area (TPSA) is 50.2 Å². The molecule has 0 saturated heterocycles. The third-order valence-electron chi connectivity index (χ3n) is 4.04. The summed E-state index contributed by atoms with van der Waals surface area (Å²) in [5.74, 6) is 0. The van der Waals surface area contributed by atoms with Crippen molar-refractivity contribution in [3.05, 3.63) is 77.9 Å². The van der Waals surface area contributed by atoms with E-state index in [1.54, 1.807) is 6.20 Å². The third kappa shape index (κ3) is 2.36. The smallest absolute Gasteiger partial charge is 0.168 e. The zero-order chi connectivity index (χ0) is 15.6. The number of pyridine rings is 1. The number of fused-ring (bicyclic) bond motifs is 2. The minimum atomic E-state index is 0.641. The van der Waals surface area contributed by atoms with Crippen molar-refractivity contribution in [2.75, 3.05) is 10.3 Å². The highest BCUT2D eigenvalue weighted by Gasteiger charge is 2.22. The zero-order valence-corrected chi connectivity index (χ0v) is 12.5. The fourth-order valence-corrected chi connectivity index (χ4v) is 2.96. The average Bonchev–Trinajstić information content (AvgIpc) is 2.95. The molecule has 0 unspecified atom stereocenters. The Hall–Kier alpha value is -3.08. The summed E-state index contributed by atoms with van der Waals surface area (Å²) in [6.07, 6.45) is 4.49. The summed E-state index contributed by atoms with van der Waals surface area (Å²) in [6, 6.07) is 16.0. The average molecular weight is 304 g/mol. The van der Waals surface area contributed by atoms with Gasteiger partial charge in [-0.2, -0.15) is 0 Å². The number of benzene rings is 1. The Bertz CT molecular complexity index is 841. The highest BCUT2D eigenvalue weighted by molar-refractivity contribution is 5.76. The van der Waals surface area contributed by atoms with Crippen molar-refractivity contribution >= 4 is 17.7 Å². The number of rotatable bonds is 3. The summed E-state index contributed by atoms with van der Waals surface area (Å²) in [7, 11) is 0. The molecule has 3 aromatic rings. The second-order valence-electron chi connectivity index (χ2n) is 5.47. The van der Waals surface area contributed by atoms with Crippen molar-refractivity contribution in [2.45, 2.75) is 13.1 Å². The van der Waals surface area contributed by atoms with Crippen molar-refractivity contribution in [3.8, 4) is 0 Å². The lowest BCUT2D eigenvalue weighted by Crippen LogP contribution is -2.31. The van der Waals surface area contributed by atoms with Crippen LogP contribution in [0.3, 0.4) is 0 Å². The number of carbonyl (C=O) groups is 1. The van der Waals surface area contributed by atoms with Crippen LogP contribution in [0.4, 0.5) is 11.4 Å². The fourth-order valence-electron chi connectivity index (χ4n) is 2.96. The van der Waals surface area contributed by atoms with Crippen LogP contribution in [0, 0.1) is 0 Å². The van der Waals surface area contributed by atoms with Gasteiger partial charge in [-0.15, -0.1) is 0 Å². The molecule has 0 radical (unpaired) electrons. The molecule has 4 rings (SSSR count). The van der Waals surface area contributed by atoms with Gasteiger partial charge in [0.25, 0.3) is 0 Å². The van der Waals surface area contributed by atoms with Crippen LogP contribution in [0.25, 0.3) is 0 Å². The van der Waals surface area contributed by atoms with E-state index in [0.29, 0.717) is 18.8 Å². The Morgan fingerprint density at radius 3 is 2.83 bits per heavy atom. The van der Waals surface area contributed by atoms with Crippen molar-refractivity contribution in [1.29, 1.82) is 0 Å². The molecule has 1 aliphatic rings. The molecule has 0 saturated carbocycles. The van der Waals surface area contributed by atoms with E-state index in [0.717, 1.165) is 23.4 Å². The van der Waals surface area contributed by atoms with Crippen LogP contribution >= 0.6 is 0 Å². The van der Waals surface area contributed by atoms with Crippen molar-refractivity contribution in [1.82, 2.24) is 9.66 Å². The van der Waals surface area contributed by atoms with Gasteiger partial charge in [-0.1, -0.05) is 30.3 Å². The first kappa shape index (κ1) is 13.6. The van der Waals surface area contributed by atoms with Crippen LogP contribution in [0.15, 0.2) is 60.9 Å². The lowest BCUT2D eigenvalue weighted by atomic mass is 10.2. The minimum Gasteiger partial charge on any atom is -0.376 e. The molecule has 0 spiro atoms. The maximum absolute atomic E-state index is 11.5. The minimum absolute atomic E-state index is 0.641. The van der Waals surface area contributed by atoms with Crippen LogP contribution in [0.2, 0.25) is 0 Å². The van der Waals surface area contributed by atoms with Gasteiger partial charge in [0, 0.05) is 6.20 Å². The molecule has 0 amide bonds. The Labute approximate surface area is 134 Å². The number of nitrogens with zero attached hydrogens (tertiary/aromatic N) is 3. The van der Waals surface area contributed by atoms with Gasteiger partial charge in [0.15, 0.2) is 6.29 Å². The van der Waals surface area contributed by atoms with E-state index in [9.17, 15) is 4.79 Å². The number of hydrogen-bond acceptors (Lipinski definition) is 4.